The SMILES string of the molecule is CCCC(=O)N1CCC(n2nnc3ccccc3c2=O)CC1. The lowest BCUT2D eigenvalue weighted by molar-refractivity contribution is -0.132. The normalized spacial score (nSPS) is 16.1. The van der Waals surface area contributed by atoms with Crippen molar-refractivity contribution in [2.75, 3.05) is 13.1 Å². The maximum absolute atomic E-state index is 12.5. The Kier molecular flexibility index (Phi) is 4.18. The molecule has 1 fully saturated rings. The van der Waals surface area contributed by atoms with Crippen molar-refractivity contribution in [1.29, 1.82) is 0 Å². The van der Waals surface area contributed by atoms with Gasteiger partial charge in [0.25, 0.3) is 5.56 Å². The van der Waals surface area contributed by atoms with Crippen LogP contribution in [0.2, 0.25) is 0 Å². The first-order chi connectivity index (χ1) is 10.7. The molecule has 3 rings (SSSR count). The maximum Gasteiger partial charge on any atom is 0.277 e. The molecular formula is C16H20N4O2. The van der Waals surface area contributed by atoms with Crippen molar-refractivity contribution in [3.8, 4) is 0 Å². The summed E-state index contributed by atoms with van der Waals surface area (Å²) < 4.78 is 1.49. The molecule has 0 atom stereocenters. The zero-order valence-corrected chi connectivity index (χ0v) is 12.7. The van der Waals surface area contributed by atoms with Gasteiger partial charge in [0.1, 0.15) is 5.52 Å². The van der Waals surface area contributed by atoms with E-state index in [4.69, 9.17) is 0 Å². The van der Waals surface area contributed by atoms with Gasteiger partial charge < -0.3 is 4.90 Å². The van der Waals surface area contributed by atoms with Crippen molar-refractivity contribution >= 4 is 16.8 Å². The molecule has 116 valence electrons. The first-order valence-electron chi connectivity index (χ1n) is 7.82. The average molecular weight is 300 g/mol. The smallest absolute Gasteiger partial charge is 0.277 e. The summed E-state index contributed by atoms with van der Waals surface area (Å²) in [7, 11) is 0. The number of rotatable bonds is 3. The third-order valence-electron chi connectivity index (χ3n) is 4.22. The third kappa shape index (κ3) is 2.73. The van der Waals surface area contributed by atoms with Gasteiger partial charge in [-0.15, -0.1) is 5.10 Å². The Labute approximate surface area is 128 Å². The average Bonchev–Trinajstić information content (AvgIpc) is 2.56. The van der Waals surface area contributed by atoms with Gasteiger partial charge in [-0.25, -0.2) is 4.68 Å². The van der Waals surface area contributed by atoms with Crippen LogP contribution in [-0.4, -0.2) is 38.9 Å². The summed E-state index contributed by atoms with van der Waals surface area (Å²) >= 11 is 0. The number of benzene rings is 1. The first kappa shape index (κ1) is 14.7. The Morgan fingerprint density at radius 3 is 2.73 bits per heavy atom. The maximum atomic E-state index is 12.5. The Bertz CT molecular complexity index is 732. The monoisotopic (exact) mass is 300 g/mol. The molecule has 22 heavy (non-hydrogen) atoms. The number of carbonyl (C=O) groups is 1. The molecule has 0 aliphatic carbocycles. The zero-order chi connectivity index (χ0) is 15.5. The van der Waals surface area contributed by atoms with E-state index in [0.29, 0.717) is 30.4 Å². The van der Waals surface area contributed by atoms with Crippen molar-refractivity contribution in [1.82, 2.24) is 19.9 Å². The number of piperidine rings is 1. The number of nitrogens with zero attached hydrogens (tertiary/aromatic N) is 4. The van der Waals surface area contributed by atoms with Gasteiger partial charge in [-0.1, -0.05) is 24.3 Å². The van der Waals surface area contributed by atoms with E-state index in [0.717, 1.165) is 19.3 Å². The van der Waals surface area contributed by atoms with Gasteiger partial charge in [-0.05, 0) is 31.4 Å². The summed E-state index contributed by atoms with van der Waals surface area (Å²) in [5.74, 6) is 0.206. The zero-order valence-electron chi connectivity index (χ0n) is 12.7. The summed E-state index contributed by atoms with van der Waals surface area (Å²) in [5.41, 5.74) is 0.531. The minimum atomic E-state index is -0.0936. The topological polar surface area (TPSA) is 68.1 Å². The number of hydrogen-bond acceptors (Lipinski definition) is 4. The summed E-state index contributed by atoms with van der Waals surface area (Å²) in [6.45, 7) is 3.38. The van der Waals surface area contributed by atoms with E-state index in [1.807, 2.05) is 24.0 Å². The van der Waals surface area contributed by atoms with E-state index in [-0.39, 0.29) is 17.5 Å². The highest BCUT2D eigenvalue weighted by Crippen LogP contribution is 2.21. The standard InChI is InChI=1S/C16H20N4O2/c1-2-5-15(21)19-10-8-12(9-11-19)20-16(22)13-6-3-4-7-14(13)17-18-20/h3-4,6-7,12H,2,5,8-11H2,1H3. The first-order valence-corrected chi connectivity index (χ1v) is 7.82. The third-order valence-corrected chi connectivity index (χ3v) is 4.22. The van der Waals surface area contributed by atoms with E-state index in [9.17, 15) is 9.59 Å². The minimum Gasteiger partial charge on any atom is -0.343 e. The molecule has 0 N–H and O–H groups in total. The van der Waals surface area contributed by atoms with Crippen molar-refractivity contribution in [3.05, 3.63) is 34.6 Å². The number of amides is 1. The molecule has 6 heteroatoms. The van der Waals surface area contributed by atoms with E-state index >= 15 is 0 Å². The molecule has 1 aliphatic rings. The predicted molar refractivity (Wildman–Crippen MR) is 83.6 cm³/mol. The molecular weight excluding hydrogens is 280 g/mol. The second-order valence-corrected chi connectivity index (χ2v) is 5.72. The second kappa shape index (κ2) is 6.25. The van der Waals surface area contributed by atoms with Gasteiger partial charge in [0, 0.05) is 19.5 Å². The molecule has 1 amide bonds. The van der Waals surface area contributed by atoms with Crippen LogP contribution < -0.4 is 5.56 Å². The molecule has 0 radical (unpaired) electrons. The van der Waals surface area contributed by atoms with E-state index in [2.05, 4.69) is 10.3 Å². The highest BCUT2D eigenvalue weighted by molar-refractivity contribution is 5.77. The lowest BCUT2D eigenvalue weighted by atomic mass is 10.0. The van der Waals surface area contributed by atoms with Gasteiger partial charge in [-0.2, -0.15) is 0 Å². The van der Waals surface area contributed by atoms with E-state index < -0.39 is 0 Å². The Morgan fingerprint density at radius 2 is 2.00 bits per heavy atom. The molecule has 1 saturated heterocycles. The van der Waals surface area contributed by atoms with Crippen LogP contribution in [0.4, 0.5) is 0 Å². The molecule has 2 heterocycles. The lowest BCUT2D eigenvalue weighted by Crippen LogP contribution is -2.41. The van der Waals surface area contributed by atoms with Crippen molar-refractivity contribution in [2.45, 2.75) is 38.6 Å². The highest BCUT2D eigenvalue weighted by atomic mass is 16.2. The van der Waals surface area contributed by atoms with Crippen molar-refractivity contribution in [3.63, 3.8) is 0 Å². The van der Waals surface area contributed by atoms with Crippen LogP contribution >= 0.6 is 0 Å². The van der Waals surface area contributed by atoms with Crippen LogP contribution in [-0.2, 0) is 4.79 Å². The van der Waals surface area contributed by atoms with Gasteiger partial charge in [0.05, 0.1) is 11.4 Å². The Morgan fingerprint density at radius 1 is 1.27 bits per heavy atom. The molecule has 1 aliphatic heterocycles. The second-order valence-electron chi connectivity index (χ2n) is 5.72. The van der Waals surface area contributed by atoms with Crippen LogP contribution in [0.5, 0.6) is 0 Å². The summed E-state index contributed by atoms with van der Waals surface area (Å²) in [6, 6.07) is 7.28. The van der Waals surface area contributed by atoms with Crippen LogP contribution in [0.3, 0.4) is 0 Å². The van der Waals surface area contributed by atoms with E-state index in [1.165, 1.54) is 4.68 Å². The molecule has 1 aromatic heterocycles. The predicted octanol–water partition coefficient (Wildman–Crippen LogP) is 1.76. The number of aromatic nitrogens is 3. The minimum absolute atomic E-state index is 0.0234. The van der Waals surface area contributed by atoms with Crippen LogP contribution in [0, 0.1) is 0 Å². The molecule has 1 aromatic carbocycles. The lowest BCUT2D eigenvalue weighted by Gasteiger charge is -2.32. The van der Waals surface area contributed by atoms with Crippen LogP contribution in [0.15, 0.2) is 29.1 Å². The summed E-state index contributed by atoms with van der Waals surface area (Å²) in [4.78, 5) is 26.3. The van der Waals surface area contributed by atoms with E-state index in [1.54, 1.807) is 12.1 Å². The number of likely N-dealkylation sites (tertiary alicyclic amines) is 1. The highest BCUT2D eigenvalue weighted by Gasteiger charge is 2.25. The molecule has 0 unspecified atom stereocenters. The fraction of sp³-hybridized carbons (Fsp3) is 0.500. The van der Waals surface area contributed by atoms with Crippen LogP contribution in [0.1, 0.15) is 38.6 Å². The van der Waals surface area contributed by atoms with Gasteiger partial charge in [0.2, 0.25) is 5.91 Å². The van der Waals surface area contributed by atoms with Crippen LogP contribution in [0.25, 0.3) is 10.9 Å². The quantitative estimate of drug-likeness (QED) is 0.866. The molecule has 2 aromatic rings. The van der Waals surface area contributed by atoms with Crippen molar-refractivity contribution in [2.24, 2.45) is 0 Å². The van der Waals surface area contributed by atoms with Gasteiger partial charge in [-0.3, -0.25) is 9.59 Å². The molecule has 0 saturated carbocycles. The van der Waals surface area contributed by atoms with Gasteiger partial charge in [0.15, 0.2) is 0 Å². The summed E-state index contributed by atoms with van der Waals surface area (Å²) in [6.07, 6.45) is 2.97. The molecule has 0 bridgehead atoms. The number of carbonyl (C=O) groups excluding carboxylic acids is 1. The fourth-order valence-corrected chi connectivity index (χ4v) is 2.97. The number of fused-ring (bicyclic) bond motifs is 1. The number of hydrogen-bond donors (Lipinski definition) is 0. The fourth-order valence-electron chi connectivity index (χ4n) is 2.97. The Balaban J connectivity index is 1.78. The molecule has 0 spiro atoms. The van der Waals surface area contributed by atoms with Gasteiger partial charge >= 0.3 is 0 Å². The Hall–Kier alpha value is -2.24. The summed E-state index contributed by atoms with van der Waals surface area (Å²) in [5, 5.41) is 8.82. The molecule has 6 nitrogen and oxygen atoms in total. The largest absolute Gasteiger partial charge is 0.343 e. The van der Waals surface area contributed by atoms with Crippen molar-refractivity contribution < 1.29 is 4.79 Å².